The maximum absolute atomic E-state index is 4.74. The van der Waals surface area contributed by atoms with E-state index in [0.717, 1.165) is 0 Å². The van der Waals surface area contributed by atoms with Gasteiger partial charge < -0.3 is 17.1 Å². The zero-order valence-corrected chi connectivity index (χ0v) is 7.12. The van der Waals surface area contributed by atoms with Crippen LogP contribution in [0, 0.1) is 0 Å². The molecule has 0 rings (SSSR count). The van der Waals surface area contributed by atoms with E-state index in [4.69, 9.17) is 37.3 Å². The summed E-state index contributed by atoms with van der Waals surface area (Å²) in [5.41, 5.74) is 0. The van der Waals surface area contributed by atoms with Gasteiger partial charge in [0.1, 0.15) is 0 Å². The van der Waals surface area contributed by atoms with Gasteiger partial charge in [-0.1, -0.05) is 24.4 Å². The van der Waals surface area contributed by atoms with Gasteiger partial charge in [-0.15, -0.1) is 0 Å². The molecule has 0 atom stereocenters. The van der Waals surface area contributed by atoms with E-state index in [1.807, 2.05) is 0 Å². The number of hydrogen-bond donors (Lipinski definition) is 0. The van der Waals surface area contributed by atoms with Gasteiger partial charge in [-0.2, -0.15) is 0 Å². The molecule has 0 saturated carbocycles. The smallest absolute Gasteiger partial charge is 0.0571 e. The Morgan fingerprint density at radius 3 is 1.50 bits per heavy atom. The molecular formula is C4H6NS3-. The molecule has 0 fully saturated rings. The molecule has 0 aromatic carbocycles. The van der Waals surface area contributed by atoms with Crippen LogP contribution < -0.4 is 0 Å². The molecule has 0 aromatic rings. The second-order valence-corrected chi connectivity index (χ2v) is 2.88. The van der Waals surface area contributed by atoms with E-state index in [1.165, 1.54) is 4.31 Å². The van der Waals surface area contributed by atoms with Crippen LogP contribution in [0.25, 0.3) is 0 Å². The van der Waals surface area contributed by atoms with Gasteiger partial charge in [-0.3, -0.25) is 0 Å². The van der Waals surface area contributed by atoms with E-state index < -0.39 is 0 Å². The van der Waals surface area contributed by atoms with Gasteiger partial charge in [0.25, 0.3) is 0 Å². The number of nitrogens with zero attached hydrogens (tertiary/aromatic N) is 1. The Bertz CT molecular complexity index is 106. The molecule has 0 aromatic heterocycles. The van der Waals surface area contributed by atoms with Crippen LogP contribution in [0.1, 0.15) is 13.8 Å². The van der Waals surface area contributed by atoms with Crippen molar-refractivity contribution in [3.8, 4) is 0 Å². The molecule has 46 valence electrons. The van der Waals surface area contributed by atoms with Gasteiger partial charge in [0.2, 0.25) is 0 Å². The highest BCUT2D eigenvalue weighted by molar-refractivity contribution is 7.83. The number of thiocarbonyl (C=S) groups is 2. The van der Waals surface area contributed by atoms with E-state index in [2.05, 4.69) is 0 Å². The summed E-state index contributed by atoms with van der Waals surface area (Å²) in [5, 5.41) is 0. The van der Waals surface area contributed by atoms with Crippen LogP contribution in [-0.4, -0.2) is 14.3 Å². The first-order valence-electron chi connectivity index (χ1n) is 2.04. The summed E-state index contributed by atoms with van der Waals surface area (Å²) < 4.78 is 1.38. The van der Waals surface area contributed by atoms with Crippen LogP contribution in [0.4, 0.5) is 0 Å². The Morgan fingerprint density at radius 2 is 1.50 bits per heavy atom. The Labute approximate surface area is 65.6 Å². The maximum atomic E-state index is 4.74. The van der Waals surface area contributed by atoms with E-state index >= 15 is 0 Å². The standard InChI is InChI=1S/C4H6NS3/c1-3(6)5(8)4(2)7/h1-2H3/q-1. The molecule has 0 N–H and O–H groups in total. The summed E-state index contributed by atoms with van der Waals surface area (Å²) in [6.07, 6.45) is 0. The monoisotopic (exact) mass is 164 g/mol. The van der Waals surface area contributed by atoms with Crippen molar-refractivity contribution in [2.24, 2.45) is 0 Å². The Hall–Kier alpha value is 0.330. The Balaban J connectivity index is 3.83. The summed E-state index contributed by atoms with van der Waals surface area (Å²) in [4.78, 5) is 1.26. The third-order valence-corrected chi connectivity index (χ3v) is 1.72. The Kier molecular flexibility index (Phi) is 3.51. The molecule has 0 aliphatic rings. The van der Waals surface area contributed by atoms with E-state index in [0.29, 0.717) is 9.98 Å². The van der Waals surface area contributed by atoms with Crippen LogP contribution in [-0.2, 0) is 12.8 Å². The lowest BCUT2D eigenvalue weighted by Gasteiger charge is -2.28. The average Bonchev–Trinajstić information content (AvgIpc) is 1.64. The highest BCUT2D eigenvalue weighted by Crippen LogP contribution is 1.89. The fourth-order valence-electron chi connectivity index (χ4n) is 0.222. The molecule has 4 heteroatoms. The molecule has 0 unspecified atom stereocenters. The van der Waals surface area contributed by atoms with Crippen molar-refractivity contribution in [2.45, 2.75) is 13.8 Å². The molecule has 8 heavy (non-hydrogen) atoms. The minimum atomic E-state index is 0.632. The molecule has 0 heterocycles. The van der Waals surface area contributed by atoms with Crippen molar-refractivity contribution < 1.29 is 0 Å². The predicted molar refractivity (Wildman–Crippen MR) is 45.7 cm³/mol. The van der Waals surface area contributed by atoms with Gasteiger partial charge in [0.15, 0.2) is 0 Å². The molecule has 0 bridgehead atoms. The lowest BCUT2D eigenvalue weighted by Crippen LogP contribution is -2.23. The third kappa shape index (κ3) is 2.59. The van der Waals surface area contributed by atoms with E-state index in [9.17, 15) is 0 Å². The summed E-state index contributed by atoms with van der Waals surface area (Å²) in [7, 11) is 0. The topological polar surface area (TPSA) is 3.24 Å². The minimum Gasteiger partial charge on any atom is -0.660 e. The third-order valence-electron chi connectivity index (χ3n) is 0.572. The van der Waals surface area contributed by atoms with Gasteiger partial charge in [-0.05, 0) is 13.8 Å². The van der Waals surface area contributed by atoms with Crippen molar-refractivity contribution in [2.75, 3.05) is 0 Å². The van der Waals surface area contributed by atoms with E-state index in [1.54, 1.807) is 13.8 Å². The van der Waals surface area contributed by atoms with Crippen molar-refractivity contribution in [1.82, 2.24) is 4.31 Å². The summed E-state index contributed by atoms with van der Waals surface area (Å²) in [6, 6.07) is 0. The first-order chi connectivity index (χ1) is 3.55. The van der Waals surface area contributed by atoms with Crippen molar-refractivity contribution in [3.05, 3.63) is 0 Å². The number of hydrogen-bond acceptors (Lipinski definition) is 3. The van der Waals surface area contributed by atoms with Crippen LogP contribution in [0.2, 0.25) is 0 Å². The summed E-state index contributed by atoms with van der Waals surface area (Å²) in [5.74, 6) is 0. The van der Waals surface area contributed by atoms with Gasteiger partial charge in [0, 0.05) is 0 Å². The predicted octanol–water partition coefficient (Wildman–Crippen LogP) is 1.44. The van der Waals surface area contributed by atoms with Gasteiger partial charge in [0.05, 0.1) is 9.98 Å². The summed E-state index contributed by atoms with van der Waals surface area (Å²) in [6.45, 7) is 3.50. The highest BCUT2D eigenvalue weighted by atomic mass is 32.1. The zero-order valence-electron chi connectivity index (χ0n) is 4.67. The van der Waals surface area contributed by atoms with Crippen molar-refractivity contribution in [1.29, 1.82) is 0 Å². The maximum Gasteiger partial charge on any atom is 0.0571 e. The summed E-state index contributed by atoms with van der Waals surface area (Å²) >= 11 is 14.2. The lowest BCUT2D eigenvalue weighted by atomic mass is 10.6. The van der Waals surface area contributed by atoms with Gasteiger partial charge in [-0.25, -0.2) is 0 Å². The molecule has 1 nitrogen and oxygen atoms in total. The molecule has 0 amide bonds. The van der Waals surface area contributed by atoms with Crippen LogP contribution in [0.15, 0.2) is 0 Å². The first kappa shape index (κ1) is 8.33. The van der Waals surface area contributed by atoms with Gasteiger partial charge >= 0.3 is 0 Å². The van der Waals surface area contributed by atoms with Crippen molar-refractivity contribution in [3.63, 3.8) is 0 Å². The normalized spacial score (nSPS) is 8.38. The molecular weight excluding hydrogens is 158 g/mol. The Morgan fingerprint density at radius 1 is 1.25 bits per heavy atom. The lowest BCUT2D eigenvalue weighted by molar-refractivity contribution is 1.05. The second kappa shape index (κ2) is 3.37. The first-order valence-corrected chi connectivity index (χ1v) is 3.22. The van der Waals surface area contributed by atoms with Crippen LogP contribution in [0.3, 0.4) is 0 Å². The zero-order chi connectivity index (χ0) is 6.73. The molecule has 0 aliphatic carbocycles. The molecule has 0 aliphatic heterocycles. The SMILES string of the molecule is CC(=S)N([S-])C(C)=S. The molecule has 0 spiro atoms. The fourth-order valence-corrected chi connectivity index (χ4v) is 0.553. The van der Waals surface area contributed by atoms with Crippen molar-refractivity contribution >= 4 is 47.2 Å². The highest BCUT2D eigenvalue weighted by Gasteiger charge is 1.88. The second-order valence-electron chi connectivity index (χ2n) is 1.33. The van der Waals surface area contributed by atoms with Crippen LogP contribution >= 0.6 is 24.4 Å². The molecule has 0 radical (unpaired) electrons. The number of rotatable bonds is 0. The fraction of sp³-hybridized carbons (Fsp3) is 0.500. The van der Waals surface area contributed by atoms with Crippen LogP contribution in [0.5, 0.6) is 0 Å². The average molecular weight is 164 g/mol. The quantitative estimate of drug-likeness (QED) is 0.393. The molecule has 0 saturated heterocycles. The largest absolute Gasteiger partial charge is 0.660 e. The van der Waals surface area contributed by atoms with E-state index in [-0.39, 0.29) is 0 Å². The minimum absolute atomic E-state index is 0.632.